The first-order valence-electron chi connectivity index (χ1n) is 11.9. The Kier molecular flexibility index (Phi) is 6.12. The van der Waals surface area contributed by atoms with Gasteiger partial charge in [-0.25, -0.2) is 9.37 Å². The zero-order valence-electron chi connectivity index (χ0n) is 19.1. The van der Waals surface area contributed by atoms with Crippen LogP contribution < -0.4 is 10.5 Å². The molecule has 1 aromatic carbocycles. The van der Waals surface area contributed by atoms with Crippen molar-refractivity contribution in [3.8, 4) is 5.75 Å². The average molecular weight is 468 g/mol. The van der Waals surface area contributed by atoms with Gasteiger partial charge in [-0.1, -0.05) is 5.16 Å². The number of nitrogen functional groups attached to an aromatic ring is 1. The van der Waals surface area contributed by atoms with Gasteiger partial charge in [0.1, 0.15) is 23.0 Å². The van der Waals surface area contributed by atoms with Crippen molar-refractivity contribution < 1.29 is 19.1 Å². The minimum absolute atomic E-state index is 0.0401. The summed E-state index contributed by atoms with van der Waals surface area (Å²) in [5.41, 5.74) is 7.32. The third kappa shape index (κ3) is 4.57. The molecule has 4 heterocycles. The van der Waals surface area contributed by atoms with Gasteiger partial charge in [0, 0.05) is 56.6 Å². The maximum atomic E-state index is 13.7. The number of likely N-dealkylation sites (tertiary alicyclic amines) is 2. The number of carbonyl (C=O) groups excluding carboxylic acids is 1. The molecule has 8 nitrogen and oxygen atoms in total. The average Bonchev–Trinajstić information content (AvgIpc) is 2.84. The van der Waals surface area contributed by atoms with Gasteiger partial charge in [-0.3, -0.25) is 9.69 Å². The molecule has 0 aliphatic carbocycles. The van der Waals surface area contributed by atoms with E-state index < -0.39 is 11.4 Å². The van der Waals surface area contributed by atoms with Crippen molar-refractivity contribution in [2.75, 3.05) is 31.9 Å². The zero-order valence-corrected chi connectivity index (χ0v) is 19.1. The van der Waals surface area contributed by atoms with E-state index in [1.165, 1.54) is 12.1 Å². The first-order valence-corrected chi connectivity index (χ1v) is 11.9. The van der Waals surface area contributed by atoms with Gasteiger partial charge in [-0.15, -0.1) is 0 Å². The van der Waals surface area contributed by atoms with Gasteiger partial charge >= 0.3 is 0 Å². The molecular weight excluding hydrogens is 437 g/mol. The molecule has 9 heteroatoms. The molecule has 5 rings (SSSR count). The molecule has 34 heavy (non-hydrogen) atoms. The summed E-state index contributed by atoms with van der Waals surface area (Å²) >= 11 is 0. The van der Waals surface area contributed by atoms with Gasteiger partial charge in [0.25, 0.3) is 0 Å². The van der Waals surface area contributed by atoms with Crippen molar-refractivity contribution in [1.29, 1.82) is 0 Å². The second kappa shape index (κ2) is 9.21. The Morgan fingerprint density at radius 1 is 1.21 bits per heavy atom. The second-order valence-electron chi connectivity index (χ2n) is 9.61. The second-order valence-corrected chi connectivity index (χ2v) is 9.61. The summed E-state index contributed by atoms with van der Waals surface area (Å²) in [6.07, 6.45) is 5.12. The normalized spacial score (nSPS) is 21.9. The molecule has 3 aliphatic rings. The number of amides is 1. The number of piperidine rings is 2. The fourth-order valence-corrected chi connectivity index (χ4v) is 5.44. The number of nitrogens with zero attached hydrogens (tertiary/aromatic N) is 4. The molecule has 180 valence electrons. The molecule has 0 saturated carbocycles. The number of rotatable bonds is 3. The van der Waals surface area contributed by atoms with Crippen molar-refractivity contribution in [2.24, 2.45) is 11.1 Å². The highest BCUT2D eigenvalue weighted by atomic mass is 19.1. The van der Waals surface area contributed by atoms with Crippen LogP contribution in [0.5, 0.6) is 5.75 Å². The number of anilines is 1. The summed E-state index contributed by atoms with van der Waals surface area (Å²) in [4.78, 5) is 21.6. The highest BCUT2D eigenvalue weighted by molar-refractivity contribution is 6.04. The predicted octanol–water partition coefficient (Wildman–Crippen LogP) is 3.04. The standard InChI is InChI=1S/C25H30FN5O3/c26-19-1-2-22-20(14-19)21(29-33)15-25(34-22)6-11-31(12-7-25)24(32)18-4-9-30(10-5-18)16-17-3-8-28-23(27)13-17/h1-3,8,13-14,18,33H,4-7,9-12,15-16H2,(H2,27,28)/b29-21+. The molecular formula is C25H30FN5O3. The maximum absolute atomic E-state index is 13.7. The first kappa shape index (κ1) is 22.6. The molecule has 1 amide bonds. The molecule has 1 aromatic heterocycles. The van der Waals surface area contributed by atoms with Gasteiger partial charge in [0.2, 0.25) is 5.91 Å². The number of hydrogen-bond acceptors (Lipinski definition) is 7. The summed E-state index contributed by atoms with van der Waals surface area (Å²) in [5.74, 6) is 0.926. The number of nitrogens with two attached hydrogens (primary N) is 1. The van der Waals surface area contributed by atoms with E-state index in [1.54, 1.807) is 12.3 Å². The molecule has 0 unspecified atom stereocenters. The number of carbonyl (C=O) groups is 1. The Morgan fingerprint density at radius 2 is 1.97 bits per heavy atom. The largest absolute Gasteiger partial charge is 0.486 e. The number of ether oxygens (including phenoxy) is 1. The van der Waals surface area contributed by atoms with Crippen molar-refractivity contribution >= 4 is 17.4 Å². The van der Waals surface area contributed by atoms with Gasteiger partial charge in [0.05, 0.1) is 5.71 Å². The fourth-order valence-electron chi connectivity index (χ4n) is 5.44. The summed E-state index contributed by atoms with van der Waals surface area (Å²) in [7, 11) is 0. The van der Waals surface area contributed by atoms with Crippen LogP contribution in [-0.2, 0) is 11.3 Å². The lowest BCUT2D eigenvalue weighted by Gasteiger charge is -2.45. The molecule has 3 aliphatic heterocycles. The van der Waals surface area contributed by atoms with Crippen LogP contribution >= 0.6 is 0 Å². The number of pyridine rings is 1. The van der Waals surface area contributed by atoms with Crippen molar-refractivity contribution in [3.05, 3.63) is 53.5 Å². The molecule has 2 saturated heterocycles. The van der Waals surface area contributed by atoms with E-state index in [2.05, 4.69) is 15.0 Å². The number of fused-ring (bicyclic) bond motifs is 1. The van der Waals surface area contributed by atoms with Crippen LogP contribution in [0.25, 0.3) is 0 Å². The summed E-state index contributed by atoms with van der Waals surface area (Å²) < 4.78 is 19.9. The summed E-state index contributed by atoms with van der Waals surface area (Å²) in [5, 5.41) is 12.9. The van der Waals surface area contributed by atoms with E-state index in [1.807, 2.05) is 17.0 Å². The number of oxime groups is 1. The van der Waals surface area contributed by atoms with Gasteiger partial charge in [-0.05, 0) is 61.8 Å². The van der Waals surface area contributed by atoms with E-state index >= 15 is 0 Å². The predicted molar refractivity (Wildman–Crippen MR) is 125 cm³/mol. The Balaban J connectivity index is 1.16. The quantitative estimate of drug-likeness (QED) is 0.531. The first-order chi connectivity index (χ1) is 16.4. The van der Waals surface area contributed by atoms with Crippen LogP contribution in [0.2, 0.25) is 0 Å². The smallest absolute Gasteiger partial charge is 0.225 e. The Labute approximate surface area is 198 Å². The van der Waals surface area contributed by atoms with Crippen LogP contribution in [0.15, 0.2) is 41.7 Å². The SMILES string of the molecule is Nc1cc(CN2CCC(C(=O)N3CCC4(CC3)C/C(=N\O)c3cc(F)ccc3O4)CC2)ccn1. The molecule has 0 radical (unpaired) electrons. The highest BCUT2D eigenvalue weighted by Gasteiger charge is 2.44. The van der Waals surface area contributed by atoms with Gasteiger partial charge in [-0.2, -0.15) is 0 Å². The van der Waals surface area contributed by atoms with E-state index in [4.69, 9.17) is 10.5 Å². The fraction of sp³-hybridized carbons (Fsp3) is 0.480. The zero-order chi connectivity index (χ0) is 23.7. The van der Waals surface area contributed by atoms with Crippen molar-refractivity contribution in [2.45, 2.75) is 44.2 Å². The maximum Gasteiger partial charge on any atom is 0.225 e. The molecule has 3 N–H and O–H groups in total. The molecule has 2 aromatic rings. The van der Waals surface area contributed by atoms with E-state index in [0.717, 1.165) is 38.0 Å². The number of halogens is 1. The molecule has 1 spiro atoms. The van der Waals surface area contributed by atoms with E-state index in [-0.39, 0.29) is 11.8 Å². The van der Waals surface area contributed by atoms with Crippen LogP contribution in [0.1, 0.15) is 43.2 Å². The minimum Gasteiger partial charge on any atom is -0.486 e. The van der Waals surface area contributed by atoms with Crippen LogP contribution in [0, 0.1) is 11.7 Å². The highest BCUT2D eigenvalue weighted by Crippen LogP contribution is 2.40. The summed E-state index contributed by atoms with van der Waals surface area (Å²) in [6.45, 7) is 3.78. The topological polar surface area (TPSA) is 104 Å². The molecule has 2 fully saturated rings. The lowest BCUT2D eigenvalue weighted by molar-refractivity contribution is -0.140. The Morgan fingerprint density at radius 3 is 2.68 bits per heavy atom. The molecule has 0 bridgehead atoms. The molecule has 0 atom stereocenters. The number of aromatic nitrogens is 1. The third-order valence-electron chi connectivity index (χ3n) is 7.36. The monoisotopic (exact) mass is 467 g/mol. The van der Waals surface area contributed by atoms with Crippen molar-refractivity contribution in [3.63, 3.8) is 0 Å². The summed E-state index contributed by atoms with van der Waals surface area (Å²) in [6, 6.07) is 8.15. The lowest BCUT2D eigenvalue weighted by atomic mass is 9.81. The number of benzene rings is 1. The third-order valence-corrected chi connectivity index (χ3v) is 7.36. The van der Waals surface area contributed by atoms with Crippen LogP contribution in [0.3, 0.4) is 0 Å². The van der Waals surface area contributed by atoms with E-state index in [9.17, 15) is 14.4 Å². The van der Waals surface area contributed by atoms with Gasteiger partial charge < -0.3 is 20.6 Å². The minimum atomic E-state index is -0.529. The van der Waals surface area contributed by atoms with Crippen LogP contribution in [0.4, 0.5) is 10.2 Å². The van der Waals surface area contributed by atoms with Crippen LogP contribution in [-0.4, -0.2) is 63.4 Å². The Hall–Kier alpha value is -3.20. The van der Waals surface area contributed by atoms with E-state index in [0.29, 0.717) is 55.2 Å². The Bertz CT molecular complexity index is 1090. The number of hydrogen-bond donors (Lipinski definition) is 2. The lowest BCUT2D eigenvalue weighted by Crippen LogP contribution is -2.54. The van der Waals surface area contributed by atoms with Gasteiger partial charge in [0.15, 0.2) is 0 Å². The van der Waals surface area contributed by atoms with Crippen molar-refractivity contribution in [1.82, 2.24) is 14.8 Å².